The van der Waals surface area contributed by atoms with E-state index in [1.165, 1.54) is 12.8 Å². The number of pyridine rings is 1. The molecule has 0 bridgehead atoms. The second-order valence-electron chi connectivity index (χ2n) is 5.06. The van der Waals surface area contributed by atoms with Gasteiger partial charge in [-0.1, -0.05) is 5.21 Å². The van der Waals surface area contributed by atoms with E-state index in [0.717, 1.165) is 17.9 Å². The zero-order valence-electron chi connectivity index (χ0n) is 12.2. The molecule has 112 valence electrons. The molecule has 0 spiro atoms. The molecule has 1 N–H and O–H groups in total. The van der Waals surface area contributed by atoms with Crippen LogP contribution in [0.1, 0.15) is 24.2 Å². The largest absolute Gasteiger partial charge is 0.493 e. The second-order valence-corrected chi connectivity index (χ2v) is 5.06. The van der Waals surface area contributed by atoms with Crippen molar-refractivity contribution in [1.82, 2.24) is 25.3 Å². The average Bonchev–Trinajstić information content (AvgIpc) is 3.24. The molecular weight excluding hydrogens is 270 g/mol. The highest BCUT2D eigenvalue weighted by molar-refractivity contribution is 5.42. The molecule has 0 atom stereocenters. The quantitative estimate of drug-likeness (QED) is 0.819. The summed E-state index contributed by atoms with van der Waals surface area (Å²) < 4.78 is 12.4. The SMILES string of the molecule is COc1ccnc(Cn2cc(CNC3CC3)nn2)c1OC. The fraction of sp³-hybridized carbons (Fsp3) is 0.500. The third-order valence-corrected chi connectivity index (χ3v) is 3.41. The van der Waals surface area contributed by atoms with E-state index in [0.29, 0.717) is 24.1 Å². The number of methoxy groups -OCH3 is 2. The van der Waals surface area contributed by atoms with Crippen LogP contribution in [0.4, 0.5) is 0 Å². The third-order valence-electron chi connectivity index (χ3n) is 3.41. The van der Waals surface area contributed by atoms with E-state index in [1.54, 1.807) is 31.2 Å². The van der Waals surface area contributed by atoms with Gasteiger partial charge in [-0.15, -0.1) is 5.10 Å². The van der Waals surface area contributed by atoms with Gasteiger partial charge in [0.15, 0.2) is 11.5 Å². The van der Waals surface area contributed by atoms with Crippen LogP contribution in [0.15, 0.2) is 18.5 Å². The number of hydrogen-bond donors (Lipinski definition) is 1. The van der Waals surface area contributed by atoms with Crippen molar-refractivity contribution >= 4 is 0 Å². The third kappa shape index (κ3) is 3.30. The molecule has 0 unspecified atom stereocenters. The maximum Gasteiger partial charge on any atom is 0.184 e. The van der Waals surface area contributed by atoms with Gasteiger partial charge >= 0.3 is 0 Å². The molecule has 0 radical (unpaired) electrons. The molecule has 0 saturated heterocycles. The van der Waals surface area contributed by atoms with E-state index in [1.807, 2.05) is 6.20 Å². The lowest BCUT2D eigenvalue weighted by Crippen LogP contribution is -2.15. The molecule has 2 heterocycles. The van der Waals surface area contributed by atoms with Gasteiger partial charge in [0.05, 0.1) is 32.7 Å². The summed E-state index contributed by atoms with van der Waals surface area (Å²) in [5.41, 5.74) is 1.70. The van der Waals surface area contributed by atoms with Crippen LogP contribution in [0.2, 0.25) is 0 Å². The van der Waals surface area contributed by atoms with Gasteiger partial charge in [0.2, 0.25) is 0 Å². The highest BCUT2D eigenvalue weighted by Gasteiger charge is 2.20. The number of nitrogens with one attached hydrogen (secondary N) is 1. The molecule has 3 rings (SSSR count). The molecule has 1 aliphatic carbocycles. The summed E-state index contributed by atoms with van der Waals surface area (Å²) in [6.07, 6.45) is 6.15. The summed E-state index contributed by atoms with van der Waals surface area (Å²) in [5, 5.41) is 11.7. The summed E-state index contributed by atoms with van der Waals surface area (Å²) >= 11 is 0. The van der Waals surface area contributed by atoms with Crippen molar-refractivity contribution in [2.75, 3.05) is 14.2 Å². The van der Waals surface area contributed by atoms with Crippen molar-refractivity contribution in [2.45, 2.75) is 32.0 Å². The van der Waals surface area contributed by atoms with Crippen molar-refractivity contribution in [2.24, 2.45) is 0 Å². The van der Waals surface area contributed by atoms with Crippen molar-refractivity contribution in [3.63, 3.8) is 0 Å². The van der Waals surface area contributed by atoms with E-state index < -0.39 is 0 Å². The Morgan fingerprint density at radius 3 is 2.90 bits per heavy atom. The summed E-state index contributed by atoms with van der Waals surface area (Å²) in [4.78, 5) is 4.34. The Kier molecular flexibility index (Phi) is 4.01. The van der Waals surface area contributed by atoms with Crippen LogP contribution in [0.3, 0.4) is 0 Å². The van der Waals surface area contributed by atoms with Gasteiger partial charge < -0.3 is 14.8 Å². The molecule has 0 aromatic carbocycles. The Balaban J connectivity index is 1.70. The van der Waals surface area contributed by atoms with Crippen LogP contribution in [-0.2, 0) is 13.1 Å². The Morgan fingerprint density at radius 2 is 2.19 bits per heavy atom. The van der Waals surface area contributed by atoms with Gasteiger partial charge in [-0.25, -0.2) is 4.68 Å². The number of rotatable bonds is 7. The molecule has 7 nitrogen and oxygen atoms in total. The van der Waals surface area contributed by atoms with Crippen LogP contribution in [0.25, 0.3) is 0 Å². The molecule has 1 aliphatic rings. The molecule has 1 fully saturated rings. The first-order valence-electron chi connectivity index (χ1n) is 6.98. The summed E-state index contributed by atoms with van der Waals surface area (Å²) in [5.74, 6) is 1.30. The Morgan fingerprint density at radius 1 is 1.33 bits per heavy atom. The highest BCUT2D eigenvalue weighted by atomic mass is 16.5. The molecule has 2 aromatic rings. The predicted octanol–water partition coefficient (Wildman–Crippen LogP) is 0.991. The summed E-state index contributed by atoms with van der Waals surface area (Å²) in [6, 6.07) is 2.43. The predicted molar refractivity (Wildman–Crippen MR) is 76.3 cm³/mol. The van der Waals surface area contributed by atoms with Crippen LogP contribution in [-0.4, -0.2) is 40.2 Å². The zero-order chi connectivity index (χ0) is 14.7. The Labute approximate surface area is 123 Å². The minimum absolute atomic E-state index is 0.497. The zero-order valence-corrected chi connectivity index (χ0v) is 12.2. The van der Waals surface area contributed by atoms with Gasteiger partial charge in [-0.3, -0.25) is 4.98 Å². The highest BCUT2D eigenvalue weighted by Crippen LogP contribution is 2.29. The van der Waals surface area contributed by atoms with Gasteiger partial charge in [0.1, 0.15) is 5.69 Å². The van der Waals surface area contributed by atoms with Gasteiger partial charge in [0, 0.05) is 24.8 Å². The van der Waals surface area contributed by atoms with Gasteiger partial charge in [0.25, 0.3) is 0 Å². The van der Waals surface area contributed by atoms with Crippen molar-refractivity contribution in [3.8, 4) is 11.5 Å². The molecular formula is C14H19N5O2. The normalized spacial score (nSPS) is 14.2. The number of nitrogens with zero attached hydrogens (tertiary/aromatic N) is 4. The van der Waals surface area contributed by atoms with Crippen LogP contribution >= 0.6 is 0 Å². The summed E-state index contributed by atoms with van der Waals surface area (Å²) in [6.45, 7) is 1.25. The first-order chi connectivity index (χ1) is 10.3. The lowest BCUT2D eigenvalue weighted by Gasteiger charge is -2.11. The molecule has 1 saturated carbocycles. The minimum Gasteiger partial charge on any atom is -0.493 e. The van der Waals surface area contributed by atoms with Gasteiger partial charge in [-0.05, 0) is 12.8 Å². The Hall–Kier alpha value is -2.15. The molecule has 21 heavy (non-hydrogen) atoms. The standard InChI is InChI=1S/C14H19N5O2/c1-20-13-5-6-15-12(14(13)21-2)9-19-8-11(17-18-19)7-16-10-3-4-10/h5-6,8,10,16H,3-4,7,9H2,1-2H3. The number of aromatic nitrogens is 4. The monoisotopic (exact) mass is 289 g/mol. The molecule has 0 aliphatic heterocycles. The van der Waals surface area contributed by atoms with Crippen LogP contribution in [0.5, 0.6) is 11.5 Å². The lowest BCUT2D eigenvalue weighted by atomic mass is 10.3. The first kappa shape index (κ1) is 13.8. The minimum atomic E-state index is 0.497. The fourth-order valence-corrected chi connectivity index (χ4v) is 2.15. The maximum absolute atomic E-state index is 5.37. The van der Waals surface area contributed by atoms with E-state index >= 15 is 0 Å². The summed E-state index contributed by atoms with van der Waals surface area (Å²) in [7, 11) is 3.22. The molecule has 0 amide bonds. The van der Waals surface area contributed by atoms with E-state index in [2.05, 4.69) is 20.6 Å². The fourth-order valence-electron chi connectivity index (χ4n) is 2.15. The second kappa shape index (κ2) is 6.09. The number of ether oxygens (including phenoxy) is 2. The smallest absolute Gasteiger partial charge is 0.184 e. The van der Waals surface area contributed by atoms with Gasteiger partial charge in [-0.2, -0.15) is 0 Å². The number of hydrogen-bond acceptors (Lipinski definition) is 6. The first-order valence-corrected chi connectivity index (χ1v) is 6.98. The molecule has 7 heteroatoms. The van der Waals surface area contributed by atoms with E-state index in [-0.39, 0.29) is 0 Å². The van der Waals surface area contributed by atoms with Crippen molar-refractivity contribution in [3.05, 3.63) is 29.8 Å². The van der Waals surface area contributed by atoms with E-state index in [9.17, 15) is 0 Å². The lowest BCUT2D eigenvalue weighted by molar-refractivity contribution is 0.348. The van der Waals surface area contributed by atoms with E-state index in [4.69, 9.17) is 9.47 Å². The van der Waals surface area contributed by atoms with Crippen molar-refractivity contribution in [1.29, 1.82) is 0 Å². The van der Waals surface area contributed by atoms with Crippen molar-refractivity contribution < 1.29 is 9.47 Å². The Bertz CT molecular complexity index is 609. The molecule has 2 aromatic heterocycles. The topological polar surface area (TPSA) is 74.1 Å². The van der Waals surface area contributed by atoms with Crippen LogP contribution in [0, 0.1) is 0 Å². The van der Waals surface area contributed by atoms with Crippen LogP contribution < -0.4 is 14.8 Å². The average molecular weight is 289 g/mol. The maximum atomic E-state index is 5.37.